The summed E-state index contributed by atoms with van der Waals surface area (Å²) in [6.07, 6.45) is 3.36. The molecule has 1 aromatic heterocycles. The maximum Gasteiger partial charge on any atom is 0.146 e. The molecule has 0 radical (unpaired) electrons. The van der Waals surface area contributed by atoms with E-state index in [0.29, 0.717) is 16.5 Å². The van der Waals surface area contributed by atoms with Gasteiger partial charge in [-0.15, -0.1) is 0 Å². The first kappa shape index (κ1) is 13.8. The quantitative estimate of drug-likeness (QED) is 0.889. The molecule has 1 unspecified atom stereocenters. The summed E-state index contributed by atoms with van der Waals surface area (Å²) in [6.45, 7) is 5.11. The molecule has 0 spiro atoms. The molecule has 1 aromatic carbocycles. The van der Waals surface area contributed by atoms with Crippen LogP contribution in [0.15, 0.2) is 42.7 Å². The molecular formula is C15H17ClN2O. The van der Waals surface area contributed by atoms with E-state index in [4.69, 9.17) is 16.3 Å². The van der Waals surface area contributed by atoms with Gasteiger partial charge in [0.15, 0.2) is 0 Å². The van der Waals surface area contributed by atoms with E-state index in [-0.39, 0.29) is 6.04 Å². The summed E-state index contributed by atoms with van der Waals surface area (Å²) in [5.41, 5.74) is 1.14. The molecule has 100 valence electrons. The highest BCUT2D eigenvalue weighted by Gasteiger charge is 2.08. The van der Waals surface area contributed by atoms with E-state index in [9.17, 15) is 0 Å². The minimum Gasteiger partial charge on any atom is -0.454 e. The van der Waals surface area contributed by atoms with Crippen LogP contribution in [0.2, 0.25) is 5.02 Å². The van der Waals surface area contributed by atoms with Crippen LogP contribution in [0.25, 0.3) is 0 Å². The van der Waals surface area contributed by atoms with Crippen molar-refractivity contribution < 1.29 is 4.74 Å². The molecule has 4 heteroatoms. The van der Waals surface area contributed by atoms with Crippen LogP contribution < -0.4 is 10.1 Å². The maximum absolute atomic E-state index is 6.25. The van der Waals surface area contributed by atoms with Crippen LogP contribution in [-0.2, 0) is 0 Å². The van der Waals surface area contributed by atoms with Gasteiger partial charge in [0, 0.05) is 12.2 Å². The lowest BCUT2D eigenvalue weighted by Gasteiger charge is -2.14. The van der Waals surface area contributed by atoms with Gasteiger partial charge in [-0.3, -0.25) is 4.98 Å². The van der Waals surface area contributed by atoms with Gasteiger partial charge in [0.05, 0.1) is 11.2 Å². The van der Waals surface area contributed by atoms with Gasteiger partial charge in [0.25, 0.3) is 0 Å². The van der Waals surface area contributed by atoms with Gasteiger partial charge in [-0.2, -0.15) is 0 Å². The molecule has 1 heterocycles. The Morgan fingerprint density at radius 3 is 2.84 bits per heavy atom. The van der Waals surface area contributed by atoms with E-state index in [1.165, 1.54) is 0 Å². The minimum absolute atomic E-state index is 0.273. The third kappa shape index (κ3) is 3.69. The van der Waals surface area contributed by atoms with Gasteiger partial charge in [-0.05, 0) is 43.3 Å². The zero-order valence-electron chi connectivity index (χ0n) is 11.1. The maximum atomic E-state index is 6.25. The Balaban J connectivity index is 2.15. The van der Waals surface area contributed by atoms with Gasteiger partial charge >= 0.3 is 0 Å². The summed E-state index contributed by atoms with van der Waals surface area (Å²) in [4.78, 5) is 4.00. The lowest BCUT2D eigenvalue weighted by molar-refractivity contribution is 0.479. The Hall–Kier alpha value is -1.58. The standard InChI is InChI=1S/C15H17ClN2O/c1-3-18-11(2)12-6-7-15(14(16)9-12)19-13-5-4-8-17-10-13/h4-11,18H,3H2,1-2H3. The second kappa shape index (κ2) is 6.55. The number of hydrogen-bond donors (Lipinski definition) is 1. The summed E-state index contributed by atoms with van der Waals surface area (Å²) in [5.74, 6) is 1.32. The van der Waals surface area contributed by atoms with Crippen molar-refractivity contribution in [3.8, 4) is 11.5 Å². The Kier molecular flexibility index (Phi) is 4.77. The van der Waals surface area contributed by atoms with Crippen molar-refractivity contribution >= 4 is 11.6 Å². The van der Waals surface area contributed by atoms with E-state index in [1.54, 1.807) is 12.4 Å². The summed E-state index contributed by atoms with van der Waals surface area (Å²) in [7, 11) is 0. The largest absolute Gasteiger partial charge is 0.454 e. The van der Waals surface area contributed by atoms with E-state index in [2.05, 4.69) is 24.1 Å². The van der Waals surface area contributed by atoms with Crippen LogP contribution in [0.3, 0.4) is 0 Å². The molecule has 2 aromatic rings. The van der Waals surface area contributed by atoms with Crippen molar-refractivity contribution in [3.63, 3.8) is 0 Å². The van der Waals surface area contributed by atoms with Crippen molar-refractivity contribution in [2.24, 2.45) is 0 Å². The lowest BCUT2D eigenvalue weighted by atomic mass is 10.1. The highest BCUT2D eigenvalue weighted by Crippen LogP contribution is 2.31. The molecule has 0 aliphatic carbocycles. The van der Waals surface area contributed by atoms with E-state index < -0.39 is 0 Å². The van der Waals surface area contributed by atoms with Crippen molar-refractivity contribution in [1.29, 1.82) is 0 Å². The molecule has 1 N–H and O–H groups in total. The summed E-state index contributed by atoms with van der Waals surface area (Å²) in [5, 5.41) is 3.95. The monoisotopic (exact) mass is 276 g/mol. The zero-order chi connectivity index (χ0) is 13.7. The van der Waals surface area contributed by atoms with Gasteiger partial charge < -0.3 is 10.1 Å². The Labute approximate surface area is 118 Å². The van der Waals surface area contributed by atoms with Gasteiger partial charge in [0.2, 0.25) is 0 Å². The number of benzene rings is 1. The number of ether oxygens (including phenoxy) is 1. The van der Waals surface area contributed by atoms with E-state index >= 15 is 0 Å². The van der Waals surface area contributed by atoms with Crippen molar-refractivity contribution in [3.05, 3.63) is 53.3 Å². The molecule has 0 saturated carbocycles. The smallest absolute Gasteiger partial charge is 0.146 e. The molecule has 3 nitrogen and oxygen atoms in total. The van der Waals surface area contributed by atoms with Crippen LogP contribution in [-0.4, -0.2) is 11.5 Å². The minimum atomic E-state index is 0.273. The number of pyridine rings is 1. The van der Waals surface area contributed by atoms with Crippen molar-refractivity contribution in [2.45, 2.75) is 19.9 Å². The average Bonchev–Trinajstić information content (AvgIpc) is 2.42. The SMILES string of the molecule is CCNC(C)c1ccc(Oc2cccnc2)c(Cl)c1. The normalized spacial score (nSPS) is 12.2. The van der Waals surface area contributed by atoms with Crippen LogP contribution >= 0.6 is 11.6 Å². The molecule has 1 atom stereocenters. The van der Waals surface area contributed by atoms with Crippen LogP contribution in [0, 0.1) is 0 Å². The number of hydrogen-bond acceptors (Lipinski definition) is 3. The Morgan fingerprint density at radius 1 is 1.37 bits per heavy atom. The van der Waals surface area contributed by atoms with Gasteiger partial charge in [-0.25, -0.2) is 0 Å². The summed E-state index contributed by atoms with van der Waals surface area (Å²) >= 11 is 6.25. The Morgan fingerprint density at radius 2 is 2.21 bits per heavy atom. The third-order valence-corrected chi connectivity index (χ3v) is 3.12. The molecule has 0 saturated heterocycles. The molecule has 0 aliphatic rings. The molecule has 0 amide bonds. The third-order valence-electron chi connectivity index (χ3n) is 2.83. The van der Waals surface area contributed by atoms with Crippen LogP contribution in [0.4, 0.5) is 0 Å². The summed E-state index contributed by atoms with van der Waals surface area (Å²) < 4.78 is 5.69. The Bertz CT molecular complexity index is 531. The fourth-order valence-corrected chi connectivity index (χ4v) is 2.06. The fraction of sp³-hybridized carbons (Fsp3) is 0.267. The predicted octanol–water partition coefficient (Wildman–Crippen LogP) is 4.20. The average molecular weight is 277 g/mol. The van der Waals surface area contributed by atoms with Gasteiger partial charge in [0.1, 0.15) is 11.5 Å². The van der Waals surface area contributed by atoms with Crippen LogP contribution in [0.1, 0.15) is 25.5 Å². The first-order valence-corrected chi connectivity index (χ1v) is 6.69. The van der Waals surface area contributed by atoms with Crippen molar-refractivity contribution in [2.75, 3.05) is 6.54 Å². The summed E-state index contributed by atoms with van der Waals surface area (Å²) in [6, 6.07) is 9.78. The second-order valence-electron chi connectivity index (χ2n) is 4.26. The number of rotatable bonds is 5. The number of nitrogens with one attached hydrogen (secondary N) is 1. The van der Waals surface area contributed by atoms with Crippen LogP contribution in [0.5, 0.6) is 11.5 Å². The number of aromatic nitrogens is 1. The first-order valence-electron chi connectivity index (χ1n) is 6.31. The lowest BCUT2D eigenvalue weighted by Crippen LogP contribution is -2.17. The number of nitrogens with zero attached hydrogens (tertiary/aromatic N) is 1. The highest BCUT2D eigenvalue weighted by atomic mass is 35.5. The highest BCUT2D eigenvalue weighted by molar-refractivity contribution is 6.32. The van der Waals surface area contributed by atoms with Gasteiger partial charge in [-0.1, -0.05) is 24.6 Å². The molecule has 19 heavy (non-hydrogen) atoms. The predicted molar refractivity (Wildman–Crippen MR) is 77.9 cm³/mol. The van der Waals surface area contributed by atoms with Crippen molar-refractivity contribution in [1.82, 2.24) is 10.3 Å². The zero-order valence-corrected chi connectivity index (χ0v) is 11.8. The molecular weight excluding hydrogens is 260 g/mol. The van der Waals surface area contributed by atoms with E-state index in [0.717, 1.165) is 12.1 Å². The van der Waals surface area contributed by atoms with E-state index in [1.807, 2.05) is 30.3 Å². The second-order valence-corrected chi connectivity index (χ2v) is 4.67. The first-order chi connectivity index (χ1) is 9.20. The molecule has 0 fully saturated rings. The number of halogens is 1. The molecule has 2 rings (SSSR count). The molecule has 0 aliphatic heterocycles. The topological polar surface area (TPSA) is 34.1 Å². The fourth-order valence-electron chi connectivity index (χ4n) is 1.83. The molecule has 0 bridgehead atoms.